The molecule has 0 fully saturated rings. The van der Waals surface area contributed by atoms with Crippen LogP contribution in [0.4, 0.5) is 0 Å². The lowest BCUT2D eigenvalue weighted by Crippen LogP contribution is -1.93. The van der Waals surface area contributed by atoms with Crippen molar-refractivity contribution in [1.29, 1.82) is 0 Å². The second-order valence-corrected chi connectivity index (χ2v) is 3.81. The summed E-state index contributed by atoms with van der Waals surface area (Å²) in [5, 5.41) is 3.73. The first-order valence-corrected chi connectivity index (χ1v) is 5.51. The molecule has 83 valence electrons. The van der Waals surface area contributed by atoms with E-state index in [-0.39, 0.29) is 0 Å². The molecule has 1 radical (unpaired) electrons. The number of thiophene rings is 1. The van der Waals surface area contributed by atoms with Crippen LogP contribution in [0.5, 0.6) is 22.3 Å². The van der Waals surface area contributed by atoms with Gasteiger partial charge in [0, 0.05) is 5.38 Å². The van der Waals surface area contributed by atoms with Crippen LogP contribution in [0.2, 0.25) is 0 Å². The van der Waals surface area contributed by atoms with Gasteiger partial charge in [0.05, 0.1) is 14.2 Å². The van der Waals surface area contributed by atoms with Crippen LogP contribution in [0.25, 0.3) is 0 Å². The van der Waals surface area contributed by atoms with Gasteiger partial charge in [0.25, 0.3) is 0 Å². The second-order valence-electron chi connectivity index (χ2n) is 2.97. The van der Waals surface area contributed by atoms with Crippen molar-refractivity contribution in [2.45, 2.75) is 0 Å². The zero-order chi connectivity index (χ0) is 11.4. The highest BCUT2D eigenvalue weighted by molar-refractivity contribution is 7.11. The predicted molar refractivity (Wildman–Crippen MR) is 62.8 cm³/mol. The molecule has 0 saturated carbocycles. The molecule has 2 rings (SSSR count). The van der Waals surface area contributed by atoms with E-state index in [1.165, 1.54) is 11.3 Å². The van der Waals surface area contributed by atoms with E-state index in [9.17, 15) is 0 Å². The maximum Gasteiger partial charge on any atom is 0.203 e. The minimum atomic E-state index is 0.596. The number of hydrogen-bond acceptors (Lipinski definition) is 4. The monoisotopic (exact) mass is 235 g/mol. The Morgan fingerprint density at radius 2 is 1.88 bits per heavy atom. The Bertz CT molecular complexity index is 451. The summed E-state index contributed by atoms with van der Waals surface area (Å²) in [4.78, 5) is 0. The van der Waals surface area contributed by atoms with Crippen LogP contribution < -0.4 is 14.2 Å². The quantitative estimate of drug-likeness (QED) is 0.813. The fourth-order valence-corrected chi connectivity index (χ4v) is 1.85. The van der Waals surface area contributed by atoms with Crippen LogP contribution in [0.3, 0.4) is 0 Å². The molecule has 0 aliphatic rings. The average molecular weight is 235 g/mol. The van der Waals surface area contributed by atoms with Crippen molar-refractivity contribution in [2.24, 2.45) is 0 Å². The van der Waals surface area contributed by atoms with E-state index >= 15 is 0 Å². The van der Waals surface area contributed by atoms with Gasteiger partial charge in [0.1, 0.15) is 0 Å². The van der Waals surface area contributed by atoms with Crippen molar-refractivity contribution < 1.29 is 14.2 Å². The van der Waals surface area contributed by atoms with Gasteiger partial charge in [-0.3, -0.25) is 0 Å². The molecule has 1 aromatic heterocycles. The van der Waals surface area contributed by atoms with E-state index in [0.29, 0.717) is 17.2 Å². The molecule has 0 aliphatic heterocycles. The Hall–Kier alpha value is -1.68. The third-order valence-electron chi connectivity index (χ3n) is 2.02. The third kappa shape index (κ3) is 2.12. The molecule has 0 amide bonds. The number of hydrogen-bond donors (Lipinski definition) is 0. The SMILES string of the molecule is COc1cccc(Oc2cc[c]s2)c1OC. The van der Waals surface area contributed by atoms with Crippen molar-refractivity contribution in [3.8, 4) is 22.3 Å². The topological polar surface area (TPSA) is 27.7 Å². The molecule has 3 nitrogen and oxygen atoms in total. The minimum Gasteiger partial charge on any atom is -0.493 e. The summed E-state index contributed by atoms with van der Waals surface area (Å²) in [6.07, 6.45) is 0. The first-order valence-electron chi connectivity index (χ1n) is 4.70. The van der Waals surface area contributed by atoms with Crippen molar-refractivity contribution >= 4 is 11.3 Å². The molecule has 1 heterocycles. The van der Waals surface area contributed by atoms with Gasteiger partial charge in [-0.05, 0) is 24.3 Å². The van der Waals surface area contributed by atoms with Crippen LogP contribution in [0.15, 0.2) is 30.3 Å². The normalized spacial score (nSPS) is 9.88. The molecule has 0 spiro atoms. The van der Waals surface area contributed by atoms with E-state index in [1.54, 1.807) is 14.2 Å². The largest absolute Gasteiger partial charge is 0.493 e. The van der Waals surface area contributed by atoms with E-state index in [2.05, 4.69) is 5.38 Å². The maximum atomic E-state index is 5.67. The molecule has 0 bridgehead atoms. The van der Waals surface area contributed by atoms with Crippen LogP contribution in [0.1, 0.15) is 0 Å². The first-order chi connectivity index (χ1) is 7.85. The fourth-order valence-electron chi connectivity index (χ4n) is 1.33. The van der Waals surface area contributed by atoms with E-state index < -0.39 is 0 Å². The number of ether oxygens (including phenoxy) is 3. The van der Waals surface area contributed by atoms with Gasteiger partial charge in [-0.1, -0.05) is 17.4 Å². The summed E-state index contributed by atoms with van der Waals surface area (Å²) in [7, 11) is 3.19. The van der Waals surface area contributed by atoms with Crippen LogP contribution >= 0.6 is 11.3 Å². The van der Waals surface area contributed by atoms with Gasteiger partial charge >= 0.3 is 0 Å². The van der Waals surface area contributed by atoms with Crippen molar-refractivity contribution in [1.82, 2.24) is 0 Å². The molecule has 0 saturated heterocycles. The summed E-state index contributed by atoms with van der Waals surface area (Å²) in [6.45, 7) is 0. The molecule has 16 heavy (non-hydrogen) atoms. The minimum absolute atomic E-state index is 0.596. The van der Waals surface area contributed by atoms with Gasteiger partial charge in [-0.15, -0.1) is 0 Å². The number of para-hydroxylation sites is 1. The van der Waals surface area contributed by atoms with Gasteiger partial charge in [0.2, 0.25) is 5.75 Å². The highest BCUT2D eigenvalue weighted by Gasteiger charge is 2.11. The average Bonchev–Trinajstić information content (AvgIpc) is 2.81. The highest BCUT2D eigenvalue weighted by Crippen LogP contribution is 2.39. The Morgan fingerprint density at radius 1 is 1.06 bits per heavy atom. The predicted octanol–water partition coefficient (Wildman–Crippen LogP) is 3.36. The smallest absolute Gasteiger partial charge is 0.203 e. The van der Waals surface area contributed by atoms with Gasteiger partial charge < -0.3 is 14.2 Å². The van der Waals surface area contributed by atoms with Crippen molar-refractivity contribution in [2.75, 3.05) is 14.2 Å². The summed E-state index contributed by atoms with van der Waals surface area (Å²) < 4.78 is 16.1. The number of rotatable bonds is 4. The third-order valence-corrected chi connectivity index (χ3v) is 2.70. The van der Waals surface area contributed by atoms with E-state index in [1.807, 2.05) is 30.3 Å². The lowest BCUT2D eigenvalue weighted by atomic mass is 10.3. The molecular formula is C12H11O3S. The van der Waals surface area contributed by atoms with E-state index in [0.717, 1.165) is 5.06 Å². The zero-order valence-electron chi connectivity index (χ0n) is 9.02. The Balaban J connectivity index is 2.33. The second kappa shape index (κ2) is 4.90. The maximum absolute atomic E-state index is 5.67. The highest BCUT2D eigenvalue weighted by atomic mass is 32.1. The Labute approximate surface area is 98.2 Å². The van der Waals surface area contributed by atoms with Crippen LogP contribution in [-0.2, 0) is 0 Å². The Kier molecular flexibility index (Phi) is 3.31. The summed E-state index contributed by atoms with van der Waals surface area (Å²) >= 11 is 1.41. The van der Waals surface area contributed by atoms with Gasteiger partial charge in [0.15, 0.2) is 16.6 Å². The molecule has 2 aromatic rings. The number of benzene rings is 1. The standard InChI is InChI=1S/C12H11O3S/c1-13-9-5-3-6-10(12(9)14-2)15-11-7-4-8-16-11/h3-7H,1-2H3. The molecule has 1 aromatic carbocycles. The summed E-state index contributed by atoms with van der Waals surface area (Å²) in [6, 6.07) is 9.18. The Morgan fingerprint density at radius 3 is 2.50 bits per heavy atom. The molecule has 0 aliphatic carbocycles. The number of methoxy groups -OCH3 is 2. The fraction of sp³-hybridized carbons (Fsp3) is 0.167. The van der Waals surface area contributed by atoms with Crippen molar-refractivity contribution in [3.63, 3.8) is 0 Å². The summed E-state index contributed by atoms with van der Waals surface area (Å²) in [5.74, 6) is 1.89. The van der Waals surface area contributed by atoms with E-state index in [4.69, 9.17) is 14.2 Å². The zero-order valence-corrected chi connectivity index (χ0v) is 9.84. The molecular weight excluding hydrogens is 224 g/mol. The molecule has 0 unspecified atom stereocenters. The molecule has 0 N–H and O–H groups in total. The van der Waals surface area contributed by atoms with Crippen LogP contribution in [-0.4, -0.2) is 14.2 Å². The van der Waals surface area contributed by atoms with Gasteiger partial charge in [-0.25, -0.2) is 0 Å². The summed E-state index contributed by atoms with van der Waals surface area (Å²) in [5.41, 5.74) is 0. The lowest BCUT2D eigenvalue weighted by molar-refractivity contribution is 0.337. The molecule has 0 atom stereocenters. The van der Waals surface area contributed by atoms with Crippen LogP contribution in [0, 0.1) is 5.38 Å². The molecule has 4 heteroatoms. The van der Waals surface area contributed by atoms with Crippen molar-refractivity contribution in [3.05, 3.63) is 35.7 Å². The first kappa shape index (κ1) is 10.8. The lowest BCUT2D eigenvalue weighted by Gasteiger charge is -2.11. The van der Waals surface area contributed by atoms with Gasteiger partial charge in [-0.2, -0.15) is 0 Å².